The van der Waals surface area contributed by atoms with Gasteiger partial charge in [0.2, 0.25) is 0 Å². The van der Waals surface area contributed by atoms with Crippen molar-refractivity contribution in [2.75, 3.05) is 13.0 Å². The molecule has 0 aromatic rings. The number of rotatable bonds is 4. The van der Waals surface area contributed by atoms with Crippen molar-refractivity contribution in [2.45, 2.75) is 19.8 Å². The Balaban J connectivity index is 2.33. The van der Waals surface area contributed by atoms with Gasteiger partial charge in [-0.05, 0) is 24.2 Å². The molecule has 0 aliphatic heterocycles. The summed E-state index contributed by atoms with van der Waals surface area (Å²) in [6, 6.07) is 0. The van der Waals surface area contributed by atoms with Crippen molar-refractivity contribution in [1.29, 1.82) is 0 Å². The van der Waals surface area contributed by atoms with E-state index in [0.29, 0.717) is 0 Å². The molecule has 2 aliphatic rings. The van der Waals surface area contributed by atoms with Crippen molar-refractivity contribution >= 4 is 23.4 Å². The maximum absolute atomic E-state index is 12.0. The summed E-state index contributed by atoms with van der Waals surface area (Å²) >= 11 is 5.64. The van der Waals surface area contributed by atoms with Crippen molar-refractivity contribution in [3.63, 3.8) is 0 Å². The number of fused-ring (bicyclic) bond motifs is 1. The molecule has 0 bridgehead atoms. The third kappa shape index (κ3) is 2.25. The summed E-state index contributed by atoms with van der Waals surface area (Å²) in [5.41, 5.74) is 1.13. The summed E-state index contributed by atoms with van der Waals surface area (Å²) in [6.07, 6.45) is 6.07. The van der Waals surface area contributed by atoms with Crippen LogP contribution in [0.25, 0.3) is 0 Å². The number of ketones is 1. The Morgan fingerprint density at radius 3 is 2.89 bits per heavy atom. The first-order chi connectivity index (χ1) is 8.94. The summed E-state index contributed by atoms with van der Waals surface area (Å²) in [7, 11) is 1.30. The molecule has 0 heterocycles. The van der Waals surface area contributed by atoms with E-state index in [1.807, 2.05) is 6.08 Å². The van der Waals surface area contributed by atoms with Crippen LogP contribution >= 0.6 is 11.6 Å². The number of allylic oxidation sites excluding steroid dienone is 3. The largest absolute Gasteiger partial charge is 0.468 e. The number of Topliss-reactive ketones (excluding diaryl/α,β-unsaturated/α-hetero) is 1. The van der Waals surface area contributed by atoms with Crippen molar-refractivity contribution in [3.8, 4) is 0 Å². The van der Waals surface area contributed by atoms with E-state index < -0.39 is 11.9 Å². The lowest BCUT2D eigenvalue weighted by atomic mass is 9.72. The summed E-state index contributed by atoms with van der Waals surface area (Å²) < 4.78 is 4.78. The van der Waals surface area contributed by atoms with E-state index in [2.05, 4.69) is 19.6 Å². The average molecular weight is 283 g/mol. The third-order valence-corrected chi connectivity index (χ3v) is 4.80. The van der Waals surface area contributed by atoms with E-state index in [1.165, 1.54) is 7.11 Å². The molecule has 3 nitrogen and oxygen atoms in total. The van der Waals surface area contributed by atoms with Gasteiger partial charge in [-0.25, -0.2) is 0 Å². The Bertz CT molecular complexity index is 438. The van der Waals surface area contributed by atoms with Crippen LogP contribution in [0.3, 0.4) is 0 Å². The van der Waals surface area contributed by atoms with E-state index in [1.54, 1.807) is 0 Å². The Hall–Kier alpha value is -1.09. The fraction of sp³-hybridized carbons (Fsp3) is 0.600. The molecule has 0 amide bonds. The lowest BCUT2D eigenvalue weighted by Crippen LogP contribution is -2.37. The Kier molecular flexibility index (Phi) is 3.86. The van der Waals surface area contributed by atoms with Gasteiger partial charge in [-0.3, -0.25) is 9.59 Å². The standard InChI is InChI=1S/C15H19ClO3/c1-9-4-6-15(2)7-5-10(13(9)15)12(11(17)8-16)14(18)19-3/h5,7,10,12-13H,1,4,6,8H2,2-3H3/t10-,12?,13-,15+/m1/s1. The van der Waals surface area contributed by atoms with Gasteiger partial charge in [-0.15, -0.1) is 11.6 Å². The zero-order valence-corrected chi connectivity index (χ0v) is 12.1. The van der Waals surface area contributed by atoms with Crippen molar-refractivity contribution < 1.29 is 14.3 Å². The molecule has 104 valence electrons. The molecule has 0 aromatic carbocycles. The van der Waals surface area contributed by atoms with Crippen molar-refractivity contribution in [3.05, 3.63) is 24.3 Å². The van der Waals surface area contributed by atoms with Crippen LogP contribution in [0.2, 0.25) is 0 Å². The van der Waals surface area contributed by atoms with Crippen LogP contribution < -0.4 is 0 Å². The van der Waals surface area contributed by atoms with E-state index in [9.17, 15) is 9.59 Å². The lowest BCUT2D eigenvalue weighted by molar-refractivity contribution is -0.151. The highest BCUT2D eigenvalue weighted by Gasteiger charge is 2.51. The number of methoxy groups -OCH3 is 1. The predicted octanol–water partition coefficient (Wildman–Crippen LogP) is 2.74. The third-order valence-electron chi connectivity index (χ3n) is 4.54. The van der Waals surface area contributed by atoms with Crippen LogP contribution in [0.5, 0.6) is 0 Å². The normalized spacial score (nSPS) is 34.2. The van der Waals surface area contributed by atoms with Crippen LogP contribution in [-0.2, 0) is 14.3 Å². The molecule has 4 heteroatoms. The van der Waals surface area contributed by atoms with E-state index in [-0.39, 0.29) is 28.9 Å². The molecule has 1 fully saturated rings. The number of carbonyl (C=O) groups is 2. The summed E-state index contributed by atoms with van der Waals surface area (Å²) in [5.74, 6) is -1.76. The highest BCUT2D eigenvalue weighted by atomic mass is 35.5. The number of halogens is 1. The number of esters is 1. The first-order valence-corrected chi connectivity index (χ1v) is 7.01. The molecule has 2 aliphatic carbocycles. The second kappa shape index (κ2) is 5.12. The Labute approximate surface area is 118 Å². The minimum atomic E-state index is -0.805. The van der Waals surface area contributed by atoms with Crippen LogP contribution in [-0.4, -0.2) is 24.7 Å². The molecule has 2 rings (SSSR count). The maximum atomic E-state index is 12.0. The van der Waals surface area contributed by atoms with E-state index in [0.717, 1.165) is 18.4 Å². The van der Waals surface area contributed by atoms with Gasteiger partial charge in [0.1, 0.15) is 5.92 Å². The zero-order chi connectivity index (χ0) is 14.2. The molecule has 0 N–H and O–H groups in total. The second-order valence-corrected chi connectivity index (χ2v) is 5.95. The van der Waals surface area contributed by atoms with Gasteiger partial charge in [0.25, 0.3) is 0 Å². The molecule has 1 saturated carbocycles. The highest BCUT2D eigenvalue weighted by Crippen LogP contribution is 2.56. The Morgan fingerprint density at radius 1 is 1.63 bits per heavy atom. The van der Waals surface area contributed by atoms with Crippen LogP contribution in [0.4, 0.5) is 0 Å². The summed E-state index contributed by atoms with van der Waals surface area (Å²) in [4.78, 5) is 23.9. The first kappa shape index (κ1) is 14.3. The van der Waals surface area contributed by atoms with Crippen LogP contribution in [0.15, 0.2) is 24.3 Å². The number of ether oxygens (including phenoxy) is 1. The van der Waals surface area contributed by atoms with Crippen molar-refractivity contribution in [1.82, 2.24) is 0 Å². The highest BCUT2D eigenvalue weighted by molar-refractivity contribution is 6.29. The van der Waals surface area contributed by atoms with Gasteiger partial charge in [0.15, 0.2) is 5.78 Å². The molecule has 19 heavy (non-hydrogen) atoms. The molecule has 4 atom stereocenters. The van der Waals surface area contributed by atoms with Gasteiger partial charge < -0.3 is 4.74 Å². The lowest BCUT2D eigenvalue weighted by Gasteiger charge is -2.30. The number of alkyl halides is 1. The zero-order valence-electron chi connectivity index (χ0n) is 11.3. The summed E-state index contributed by atoms with van der Waals surface area (Å²) in [5, 5.41) is 0. The molecular formula is C15H19ClO3. The first-order valence-electron chi connectivity index (χ1n) is 6.48. The second-order valence-electron chi connectivity index (χ2n) is 5.68. The van der Waals surface area contributed by atoms with Crippen molar-refractivity contribution in [2.24, 2.45) is 23.2 Å². The minimum Gasteiger partial charge on any atom is -0.468 e. The Morgan fingerprint density at radius 2 is 2.32 bits per heavy atom. The number of carbonyl (C=O) groups excluding carboxylic acids is 2. The summed E-state index contributed by atoms with van der Waals surface area (Å²) in [6.45, 7) is 6.27. The molecule has 0 aromatic heterocycles. The quantitative estimate of drug-likeness (QED) is 0.345. The minimum absolute atomic E-state index is 0.0145. The van der Waals surface area contributed by atoms with Gasteiger partial charge in [0, 0.05) is 5.92 Å². The van der Waals surface area contributed by atoms with Gasteiger partial charge >= 0.3 is 5.97 Å². The average Bonchev–Trinajstić information content (AvgIpc) is 2.88. The van der Waals surface area contributed by atoms with Crippen LogP contribution in [0.1, 0.15) is 19.8 Å². The van der Waals surface area contributed by atoms with Gasteiger partial charge in [-0.2, -0.15) is 0 Å². The van der Waals surface area contributed by atoms with E-state index in [4.69, 9.17) is 16.3 Å². The molecule has 0 spiro atoms. The van der Waals surface area contributed by atoms with Crippen LogP contribution in [0, 0.1) is 23.2 Å². The van der Waals surface area contributed by atoms with Gasteiger partial charge in [0.05, 0.1) is 13.0 Å². The maximum Gasteiger partial charge on any atom is 0.316 e. The predicted molar refractivity (Wildman–Crippen MR) is 73.8 cm³/mol. The molecule has 0 radical (unpaired) electrons. The number of hydrogen-bond acceptors (Lipinski definition) is 3. The smallest absolute Gasteiger partial charge is 0.316 e. The molecule has 0 saturated heterocycles. The fourth-order valence-electron chi connectivity index (χ4n) is 3.56. The fourth-order valence-corrected chi connectivity index (χ4v) is 3.73. The molecular weight excluding hydrogens is 264 g/mol. The van der Waals surface area contributed by atoms with Gasteiger partial charge in [-0.1, -0.05) is 31.2 Å². The molecule has 1 unspecified atom stereocenters. The topological polar surface area (TPSA) is 43.4 Å². The number of hydrogen-bond donors (Lipinski definition) is 0. The monoisotopic (exact) mass is 282 g/mol. The van der Waals surface area contributed by atoms with E-state index >= 15 is 0 Å². The SMILES string of the molecule is C=C1CC[C@@]2(C)C=C[C@H](C(C(=O)CCl)C(=O)OC)[C@@H]12.